The van der Waals surface area contributed by atoms with Crippen molar-refractivity contribution in [1.82, 2.24) is 4.90 Å². The summed E-state index contributed by atoms with van der Waals surface area (Å²) in [5.74, 6) is 0.362. The zero-order valence-corrected chi connectivity index (χ0v) is 13.9. The van der Waals surface area contributed by atoms with E-state index in [2.05, 4.69) is 42.1 Å². The van der Waals surface area contributed by atoms with Crippen molar-refractivity contribution in [2.75, 3.05) is 19.3 Å². The maximum atomic E-state index is 8.98. The van der Waals surface area contributed by atoms with Crippen LogP contribution in [-0.4, -0.2) is 40.0 Å². The van der Waals surface area contributed by atoms with Gasteiger partial charge in [-0.15, -0.1) is 0 Å². The highest BCUT2D eigenvalue weighted by atomic mass is 32.2. The van der Waals surface area contributed by atoms with Crippen molar-refractivity contribution in [3.63, 3.8) is 0 Å². The van der Waals surface area contributed by atoms with Gasteiger partial charge >= 0.3 is 0 Å². The number of nitrogens with zero attached hydrogens (tertiary/aromatic N) is 2. The number of aryl methyl sites for hydroxylation is 2. The molecule has 1 aliphatic heterocycles. The van der Waals surface area contributed by atoms with Gasteiger partial charge in [0.2, 0.25) is 0 Å². The van der Waals surface area contributed by atoms with Crippen LogP contribution in [0.1, 0.15) is 29.5 Å². The number of oxime groups is 1. The first kappa shape index (κ1) is 16.2. The summed E-state index contributed by atoms with van der Waals surface area (Å²) < 4.78 is -0.201. The molecule has 0 saturated carbocycles. The van der Waals surface area contributed by atoms with Gasteiger partial charge in [-0.3, -0.25) is 4.90 Å². The molecule has 1 aromatic carbocycles. The molecular formula is C16H25N3OS. The number of thioether (sulfide) groups is 1. The van der Waals surface area contributed by atoms with Crippen LogP contribution in [0.15, 0.2) is 23.4 Å². The van der Waals surface area contributed by atoms with E-state index in [9.17, 15) is 0 Å². The van der Waals surface area contributed by atoms with Crippen LogP contribution < -0.4 is 5.73 Å². The largest absolute Gasteiger partial charge is 0.409 e. The van der Waals surface area contributed by atoms with Crippen molar-refractivity contribution in [2.45, 2.75) is 38.0 Å². The third-order valence-electron chi connectivity index (χ3n) is 4.32. The Bertz CT molecular complexity index is 502. The lowest BCUT2D eigenvalue weighted by Crippen LogP contribution is -2.49. The van der Waals surface area contributed by atoms with E-state index in [4.69, 9.17) is 10.9 Å². The second-order valence-corrected chi connectivity index (χ2v) is 7.15. The van der Waals surface area contributed by atoms with Crippen molar-refractivity contribution in [1.29, 1.82) is 0 Å². The summed E-state index contributed by atoms with van der Waals surface area (Å²) >= 11 is 1.70. The van der Waals surface area contributed by atoms with Gasteiger partial charge in [0.05, 0.1) is 4.75 Å². The molecule has 21 heavy (non-hydrogen) atoms. The van der Waals surface area contributed by atoms with Crippen molar-refractivity contribution in [3.8, 4) is 0 Å². The minimum atomic E-state index is -0.201. The van der Waals surface area contributed by atoms with Crippen molar-refractivity contribution >= 4 is 17.6 Å². The van der Waals surface area contributed by atoms with Crippen LogP contribution in [0.3, 0.4) is 0 Å². The summed E-state index contributed by atoms with van der Waals surface area (Å²) in [5.41, 5.74) is 9.89. The molecular weight excluding hydrogens is 282 g/mol. The molecule has 0 bridgehead atoms. The van der Waals surface area contributed by atoms with Crippen LogP contribution in [-0.2, 0) is 6.54 Å². The Morgan fingerprint density at radius 2 is 1.86 bits per heavy atom. The molecule has 116 valence electrons. The first-order chi connectivity index (χ1) is 9.99. The molecule has 1 saturated heterocycles. The average molecular weight is 307 g/mol. The first-order valence-corrected chi connectivity index (χ1v) is 8.54. The molecule has 0 unspecified atom stereocenters. The van der Waals surface area contributed by atoms with Crippen LogP contribution >= 0.6 is 11.8 Å². The fraction of sp³-hybridized carbons (Fsp3) is 0.562. The van der Waals surface area contributed by atoms with Gasteiger partial charge in [0.15, 0.2) is 5.84 Å². The SMILES string of the molecule is CSC1(C(N)=NO)CCN(Cc2cc(C)cc(C)c2)CC1. The van der Waals surface area contributed by atoms with Gasteiger partial charge in [0.25, 0.3) is 0 Å². The topological polar surface area (TPSA) is 61.9 Å². The second kappa shape index (κ2) is 6.71. The number of amidine groups is 1. The molecule has 2 rings (SSSR count). The Labute approximate surface area is 131 Å². The maximum absolute atomic E-state index is 8.98. The van der Waals surface area contributed by atoms with E-state index >= 15 is 0 Å². The third kappa shape index (κ3) is 3.71. The highest BCUT2D eigenvalue weighted by molar-refractivity contribution is 8.00. The Hall–Kier alpha value is -1.20. The number of likely N-dealkylation sites (tertiary alicyclic amines) is 1. The summed E-state index contributed by atoms with van der Waals surface area (Å²) in [6, 6.07) is 6.72. The van der Waals surface area contributed by atoms with Crippen LogP contribution in [0.25, 0.3) is 0 Å². The van der Waals surface area contributed by atoms with E-state index in [0.29, 0.717) is 5.84 Å². The molecule has 1 aromatic rings. The van der Waals surface area contributed by atoms with E-state index < -0.39 is 0 Å². The number of hydrogen-bond acceptors (Lipinski definition) is 4. The molecule has 0 spiro atoms. The molecule has 4 nitrogen and oxygen atoms in total. The lowest BCUT2D eigenvalue weighted by Gasteiger charge is -2.39. The number of benzene rings is 1. The minimum absolute atomic E-state index is 0.201. The molecule has 1 aliphatic rings. The molecule has 0 atom stereocenters. The normalized spacial score (nSPS) is 19.7. The minimum Gasteiger partial charge on any atom is -0.409 e. The second-order valence-electron chi connectivity index (χ2n) is 5.96. The maximum Gasteiger partial charge on any atom is 0.155 e. The van der Waals surface area contributed by atoms with Gasteiger partial charge in [0.1, 0.15) is 0 Å². The smallest absolute Gasteiger partial charge is 0.155 e. The molecule has 0 radical (unpaired) electrons. The van der Waals surface area contributed by atoms with Crippen molar-refractivity contribution in [2.24, 2.45) is 10.9 Å². The van der Waals surface area contributed by atoms with E-state index in [1.165, 1.54) is 16.7 Å². The average Bonchev–Trinajstić information content (AvgIpc) is 2.46. The predicted octanol–water partition coefficient (Wildman–Crippen LogP) is 2.75. The Balaban J connectivity index is 2.01. The fourth-order valence-electron chi connectivity index (χ4n) is 3.15. The lowest BCUT2D eigenvalue weighted by molar-refractivity contribution is 0.209. The summed E-state index contributed by atoms with van der Waals surface area (Å²) in [6.07, 6.45) is 3.89. The highest BCUT2D eigenvalue weighted by Gasteiger charge is 2.38. The quantitative estimate of drug-likeness (QED) is 0.389. The summed E-state index contributed by atoms with van der Waals surface area (Å²) in [5, 5.41) is 12.2. The standard InChI is InChI=1S/C16H25N3OS/c1-12-8-13(2)10-14(9-12)11-19-6-4-16(21-3,5-7-19)15(17)18-20/h8-10,20H,4-7,11H2,1-3H3,(H2,17,18). The van der Waals surface area contributed by atoms with E-state index in [0.717, 1.165) is 32.5 Å². The Morgan fingerprint density at radius 3 is 2.33 bits per heavy atom. The van der Waals surface area contributed by atoms with Crippen LogP contribution in [0.2, 0.25) is 0 Å². The van der Waals surface area contributed by atoms with Crippen molar-refractivity contribution in [3.05, 3.63) is 34.9 Å². The first-order valence-electron chi connectivity index (χ1n) is 7.32. The monoisotopic (exact) mass is 307 g/mol. The molecule has 0 amide bonds. The van der Waals surface area contributed by atoms with Gasteiger partial charge in [-0.1, -0.05) is 34.5 Å². The van der Waals surface area contributed by atoms with Crippen LogP contribution in [0.4, 0.5) is 0 Å². The number of piperidine rings is 1. The molecule has 0 aliphatic carbocycles. The van der Waals surface area contributed by atoms with Gasteiger partial charge in [-0.2, -0.15) is 11.8 Å². The zero-order valence-electron chi connectivity index (χ0n) is 13.1. The lowest BCUT2D eigenvalue weighted by atomic mass is 9.94. The molecule has 3 N–H and O–H groups in total. The number of hydrogen-bond donors (Lipinski definition) is 2. The molecule has 1 fully saturated rings. The Kier molecular flexibility index (Phi) is 5.17. The number of rotatable bonds is 4. The van der Waals surface area contributed by atoms with E-state index in [-0.39, 0.29) is 4.75 Å². The van der Waals surface area contributed by atoms with Gasteiger partial charge in [-0.25, -0.2) is 0 Å². The van der Waals surface area contributed by atoms with Gasteiger partial charge in [-0.05, 0) is 38.5 Å². The van der Waals surface area contributed by atoms with Gasteiger partial charge in [0, 0.05) is 19.6 Å². The van der Waals surface area contributed by atoms with E-state index in [1.807, 2.05) is 6.26 Å². The summed E-state index contributed by atoms with van der Waals surface area (Å²) in [4.78, 5) is 2.45. The summed E-state index contributed by atoms with van der Waals surface area (Å²) in [7, 11) is 0. The third-order valence-corrected chi connectivity index (χ3v) is 5.72. The Morgan fingerprint density at radius 1 is 1.29 bits per heavy atom. The van der Waals surface area contributed by atoms with Crippen LogP contribution in [0.5, 0.6) is 0 Å². The van der Waals surface area contributed by atoms with Gasteiger partial charge < -0.3 is 10.9 Å². The van der Waals surface area contributed by atoms with E-state index in [1.54, 1.807) is 11.8 Å². The summed E-state index contributed by atoms with van der Waals surface area (Å²) in [6.45, 7) is 7.21. The predicted molar refractivity (Wildman–Crippen MR) is 90.1 cm³/mol. The fourth-order valence-corrected chi connectivity index (χ4v) is 3.99. The zero-order chi connectivity index (χ0) is 15.5. The molecule has 1 heterocycles. The molecule has 5 heteroatoms. The highest BCUT2D eigenvalue weighted by Crippen LogP contribution is 2.35. The van der Waals surface area contributed by atoms with Crippen LogP contribution in [0, 0.1) is 13.8 Å². The number of nitrogens with two attached hydrogens (primary N) is 1. The van der Waals surface area contributed by atoms with Crippen molar-refractivity contribution < 1.29 is 5.21 Å². The molecule has 0 aromatic heterocycles.